The van der Waals surface area contributed by atoms with Crippen LogP contribution in [0.25, 0.3) is 0 Å². The highest BCUT2D eigenvalue weighted by Gasteiger charge is 2.22. The predicted molar refractivity (Wildman–Crippen MR) is 107 cm³/mol. The van der Waals surface area contributed by atoms with Crippen LogP contribution in [0.5, 0.6) is 5.75 Å². The number of nitro groups is 1. The van der Waals surface area contributed by atoms with Crippen LogP contribution in [0.4, 0.5) is 11.4 Å². The number of rotatable bonds is 6. The second-order valence-electron chi connectivity index (χ2n) is 6.56. The zero-order chi connectivity index (χ0) is 20.8. The number of amides is 2. The van der Waals surface area contributed by atoms with Crippen molar-refractivity contribution in [3.63, 3.8) is 0 Å². The molecular formula is C20H22N4O5. The Balaban J connectivity index is 1.49. The Labute approximate surface area is 168 Å². The van der Waals surface area contributed by atoms with Gasteiger partial charge in [-0.3, -0.25) is 19.7 Å². The van der Waals surface area contributed by atoms with E-state index in [0.29, 0.717) is 37.5 Å². The maximum absolute atomic E-state index is 12.4. The lowest BCUT2D eigenvalue weighted by molar-refractivity contribution is -0.384. The minimum atomic E-state index is -0.422. The number of benzene rings is 2. The fourth-order valence-electron chi connectivity index (χ4n) is 3.13. The highest BCUT2D eigenvalue weighted by Crippen LogP contribution is 2.22. The summed E-state index contributed by atoms with van der Waals surface area (Å²) in [4.78, 5) is 38.8. The van der Waals surface area contributed by atoms with Crippen LogP contribution in [0.1, 0.15) is 10.4 Å². The second-order valence-corrected chi connectivity index (χ2v) is 6.56. The molecular weight excluding hydrogens is 376 g/mol. The molecule has 1 N–H and O–H groups in total. The number of carbonyl (C=O) groups is 2. The van der Waals surface area contributed by atoms with Crippen molar-refractivity contribution < 1.29 is 19.2 Å². The normalized spacial score (nSPS) is 13.7. The number of methoxy groups -OCH3 is 1. The number of nitro benzene ring substituents is 1. The fraction of sp³-hybridized carbons (Fsp3) is 0.300. The topological polar surface area (TPSA) is 105 Å². The van der Waals surface area contributed by atoms with Crippen LogP contribution in [-0.4, -0.2) is 61.5 Å². The van der Waals surface area contributed by atoms with Gasteiger partial charge in [-0.2, -0.15) is 0 Å². The maximum atomic E-state index is 12.4. The number of carbonyl (C=O) groups excluding carboxylic acids is 2. The average Bonchev–Trinajstić information content (AvgIpc) is 2.77. The molecule has 1 aliphatic heterocycles. The summed E-state index contributed by atoms with van der Waals surface area (Å²) in [5.74, 6) is 0.168. The SMILES string of the molecule is COc1ccc(C(=O)NCC(=O)N2CCN(c3cccc([N+](=O)[O-])c3)CC2)cc1. The molecule has 0 aromatic heterocycles. The molecule has 0 saturated carbocycles. The predicted octanol–water partition coefficient (Wildman–Crippen LogP) is 1.68. The van der Waals surface area contributed by atoms with Crippen molar-refractivity contribution in [2.24, 2.45) is 0 Å². The van der Waals surface area contributed by atoms with Crippen molar-refractivity contribution in [2.45, 2.75) is 0 Å². The van der Waals surface area contributed by atoms with Crippen molar-refractivity contribution in [2.75, 3.05) is 44.7 Å². The molecule has 9 nitrogen and oxygen atoms in total. The fourth-order valence-corrected chi connectivity index (χ4v) is 3.13. The number of non-ortho nitro benzene ring substituents is 1. The van der Waals surface area contributed by atoms with E-state index in [4.69, 9.17) is 4.74 Å². The van der Waals surface area contributed by atoms with Crippen molar-refractivity contribution in [1.29, 1.82) is 0 Å². The molecule has 1 aliphatic rings. The van der Waals surface area contributed by atoms with Gasteiger partial charge < -0.3 is 19.9 Å². The van der Waals surface area contributed by atoms with Crippen LogP contribution < -0.4 is 15.0 Å². The molecule has 2 amide bonds. The van der Waals surface area contributed by atoms with Gasteiger partial charge in [0.2, 0.25) is 5.91 Å². The van der Waals surface area contributed by atoms with E-state index in [2.05, 4.69) is 5.32 Å². The number of anilines is 1. The third kappa shape index (κ3) is 5.01. The highest BCUT2D eigenvalue weighted by molar-refractivity contribution is 5.96. The quantitative estimate of drug-likeness (QED) is 0.586. The Morgan fingerprint density at radius 3 is 2.41 bits per heavy atom. The van der Waals surface area contributed by atoms with Crippen LogP contribution >= 0.6 is 0 Å². The first-order valence-electron chi connectivity index (χ1n) is 9.17. The van der Waals surface area contributed by atoms with E-state index in [1.54, 1.807) is 42.3 Å². The maximum Gasteiger partial charge on any atom is 0.271 e. The van der Waals surface area contributed by atoms with Gasteiger partial charge in [0.25, 0.3) is 11.6 Å². The van der Waals surface area contributed by atoms with Gasteiger partial charge in [-0.1, -0.05) is 6.07 Å². The summed E-state index contributed by atoms with van der Waals surface area (Å²) in [6.07, 6.45) is 0. The van der Waals surface area contributed by atoms with Gasteiger partial charge in [-0.15, -0.1) is 0 Å². The minimum Gasteiger partial charge on any atom is -0.497 e. The Kier molecular flexibility index (Phi) is 6.28. The molecule has 1 fully saturated rings. The average molecular weight is 398 g/mol. The molecule has 1 saturated heterocycles. The molecule has 1 heterocycles. The monoisotopic (exact) mass is 398 g/mol. The van der Waals surface area contributed by atoms with Crippen LogP contribution in [0.15, 0.2) is 48.5 Å². The Bertz CT molecular complexity index is 892. The van der Waals surface area contributed by atoms with E-state index < -0.39 is 4.92 Å². The first kappa shape index (κ1) is 20.1. The first-order valence-corrected chi connectivity index (χ1v) is 9.17. The van der Waals surface area contributed by atoms with E-state index in [1.807, 2.05) is 11.0 Å². The van der Waals surface area contributed by atoms with Crippen LogP contribution in [0.3, 0.4) is 0 Å². The van der Waals surface area contributed by atoms with Crippen molar-refractivity contribution >= 4 is 23.2 Å². The Hall–Kier alpha value is -3.62. The smallest absolute Gasteiger partial charge is 0.271 e. The molecule has 9 heteroatoms. The summed E-state index contributed by atoms with van der Waals surface area (Å²) >= 11 is 0. The number of hydrogen-bond acceptors (Lipinski definition) is 6. The van der Waals surface area contributed by atoms with Crippen LogP contribution in [0.2, 0.25) is 0 Å². The summed E-state index contributed by atoms with van der Waals surface area (Å²) < 4.78 is 5.06. The highest BCUT2D eigenvalue weighted by atomic mass is 16.6. The van der Waals surface area contributed by atoms with E-state index >= 15 is 0 Å². The first-order chi connectivity index (χ1) is 14.0. The number of ether oxygens (including phenoxy) is 1. The van der Waals surface area contributed by atoms with Crippen LogP contribution in [0, 0.1) is 10.1 Å². The summed E-state index contributed by atoms with van der Waals surface area (Å²) in [6.45, 7) is 2.03. The minimum absolute atomic E-state index is 0.0438. The number of nitrogens with one attached hydrogen (secondary N) is 1. The summed E-state index contributed by atoms with van der Waals surface area (Å²) in [6, 6.07) is 13.1. The standard InChI is InChI=1S/C20H22N4O5/c1-29-18-7-5-15(6-8-18)20(26)21-14-19(25)23-11-9-22(10-12-23)16-3-2-4-17(13-16)24(27)28/h2-8,13H,9-12,14H2,1H3,(H,21,26). The van der Waals surface area contributed by atoms with Crippen molar-refractivity contribution in [3.05, 3.63) is 64.2 Å². The third-order valence-corrected chi connectivity index (χ3v) is 4.79. The summed E-state index contributed by atoms with van der Waals surface area (Å²) in [5.41, 5.74) is 1.26. The molecule has 0 atom stereocenters. The Morgan fingerprint density at radius 1 is 1.10 bits per heavy atom. The van der Waals surface area contributed by atoms with Gasteiger partial charge in [0.05, 0.1) is 18.6 Å². The van der Waals surface area contributed by atoms with Gasteiger partial charge in [-0.05, 0) is 30.3 Å². The molecule has 0 radical (unpaired) electrons. The zero-order valence-electron chi connectivity index (χ0n) is 16.0. The van der Waals surface area contributed by atoms with Gasteiger partial charge >= 0.3 is 0 Å². The summed E-state index contributed by atoms with van der Waals surface area (Å²) in [5, 5.41) is 13.6. The molecule has 2 aromatic rings. The lowest BCUT2D eigenvalue weighted by Crippen LogP contribution is -2.51. The Morgan fingerprint density at radius 2 is 1.79 bits per heavy atom. The molecule has 3 rings (SSSR count). The molecule has 0 bridgehead atoms. The molecule has 2 aromatic carbocycles. The number of nitrogens with zero attached hydrogens (tertiary/aromatic N) is 3. The molecule has 152 valence electrons. The molecule has 0 spiro atoms. The van der Waals surface area contributed by atoms with Crippen LogP contribution in [-0.2, 0) is 4.79 Å². The van der Waals surface area contributed by atoms with E-state index in [1.165, 1.54) is 12.1 Å². The summed E-state index contributed by atoms with van der Waals surface area (Å²) in [7, 11) is 1.55. The largest absolute Gasteiger partial charge is 0.497 e. The second kappa shape index (κ2) is 9.05. The lowest BCUT2D eigenvalue weighted by atomic mass is 10.2. The van der Waals surface area contributed by atoms with Gasteiger partial charge in [0, 0.05) is 49.6 Å². The van der Waals surface area contributed by atoms with Gasteiger partial charge in [0.1, 0.15) is 5.75 Å². The molecule has 0 aliphatic carbocycles. The lowest BCUT2D eigenvalue weighted by Gasteiger charge is -2.36. The zero-order valence-corrected chi connectivity index (χ0v) is 16.0. The van der Waals surface area contributed by atoms with E-state index in [9.17, 15) is 19.7 Å². The molecule has 0 unspecified atom stereocenters. The number of piperazine rings is 1. The molecule has 29 heavy (non-hydrogen) atoms. The third-order valence-electron chi connectivity index (χ3n) is 4.79. The number of hydrogen-bond donors (Lipinski definition) is 1. The van der Waals surface area contributed by atoms with E-state index in [0.717, 1.165) is 5.69 Å². The van der Waals surface area contributed by atoms with Crippen molar-refractivity contribution in [3.8, 4) is 5.75 Å². The van der Waals surface area contributed by atoms with Crippen molar-refractivity contribution in [1.82, 2.24) is 10.2 Å². The van der Waals surface area contributed by atoms with E-state index in [-0.39, 0.29) is 24.0 Å². The van der Waals surface area contributed by atoms with Gasteiger partial charge in [0.15, 0.2) is 0 Å². The van der Waals surface area contributed by atoms with Gasteiger partial charge in [-0.25, -0.2) is 0 Å².